The lowest BCUT2D eigenvalue weighted by Crippen LogP contribution is -2.34. The van der Waals surface area contributed by atoms with E-state index in [0.29, 0.717) is 25.3 Å². The van der Waals surface area contributed by atoms with Crippen LogP contribution in [0.1, 0.15) is 22.5 Å². The number of amides is 1. The summed E-state index contributed by atoms with van der Waals surface area (Å²) >= 11 is 0. The smallest absolute Gasteiger partial charge is 0.254 e. The third-order valence-corrected chi connectivity index (χ3v) is 3.38. The summed E-state index contributed by atoms with van der Waals surface area (Å²) < 4.78 is 6.84. The highest BCUT2D eigenvalue weighted by Crippen LogP contribution is 2.07. The quantitative estimate of drug-likeness (QED) is 0.627. The SMILES string of the molecule is COCCN(C)CCNC(=O)c1cnn(CCCN)c1C. The zero-order valence-corrected chi connectivity index (χ0v) is 13.3. The zero-order valence-electron chi connectivity index (χ0n) is 13.3. The van der Waals surface area contributed by atoms with Crippen LogP contribution in [0.4, 0.5) is 0 Å². The molecule has 0 bridgehead atoms. The van der Waals surface area contributed by atoms with Gasteiger partial charge in [0.25, 0.3) is 5.91 Å². The second-order valence-corrected chi connectivity index (χ2v) is 5.06. The molecule has 7 heteroatoms. The summed E-state index contributed by atoms with van der Waals surface area (Å²) in [5, 5.41) is 7.15. The number of ether oxygens (including phenoxy) is 1. The largest absolute Gasteiger partial charge is 0.383 e. The summed E-state index contributed by atoms with van der Waals surface area (Å²) in [5.41, 5.74) is 7.00. The molecule has 0 atom stereocenters. The number of carbonyl (C=O) groups is 1. The van der Waals surface area contributed by atoms with Gasteiger partial charge in [-0.2, -0.15) is 5.10 Å². The standard InChI is InChI=1S/C14H27N5O2/c1-12-13(11-17-19(12)7-4-5-15)14(20)16-6-8-18(2)9-10-21-3/h11H,4-10,15H2,1-3H3,(H,16,20). The number of nitrogens with two attached hydrogens (primary N) is 1. The lowest BCUT2D eigenvalue weighted by molar-refractivity contribution is 0.0946. The number of methoxy groups -OCH3 is 1. The number of hydrogen-bond donors (Lipinski definition) is 2. The Morgan fingerprint density at radius 1 is 1.52 bits per heavy atom. The third kappa shape index (κ3) is 5.82. The Labute approximate surface area is 126 Å². The molecule has 0 fully saturated rings. The van der Waals surface area contributed by atoms with Crippen molar-refractivity contribution in [2.24, 2.45) is 5.73 Å². The molecule has 1 heterocycles. The van der Waals surface area contributed by atoms with E-state index in [4.69, 9.17) is 10.5 Å². The van der Waals surface area contributed by atoms with Gasteiger partial charge in [-0.1, -0.05) is 0 Å². The Morgan fingerprint density at radius 3 is 2.95 bits per heavy atom. The van der Waals surface area contributed by atoms with Gasteiger partial charge in [-0.3, -0.25) is 9.48 Å². The molecule has 0 unspecified atom stereocenters. The van der Waals surface area contributed by atoms with Crippen molar-refractivity contribution in [3.05, 3.63) is 17.5 Å². The molecule has 0 saturated heterocycles. The van der Waals surface area contributed by atoms with E-state index in [1.807, 2.05) is 18.7 Å². The van der Waals surface area contributed by atoms with Gasteiger partial charge < -0.3 is 20.7 Å². The number of nitrogens with one attached hydrogen (secondary N) is 1. The van der Waals surface area contributed by atoms with E-state index in [1.165, 1.54) is 0 Å². The van der Waals surface area contributed by atoms with Crippen molar-refractivity contribution in [2.45, 2.75) is 19.9 Å². The van der Waals surface area contributed by atoms with Gasteiger partial charge in [0, 0.05) is 39.0 Å². The van der Waals surface area contributed by atoms with E-state index >= 15 is 0 Å². The molecule has 120 valence electrons. The lowest BCUT2D eigenvalue weighted by atomic mass is 10.2. The molecular formula is C14H27N5O2. The number of hydrogen-bond acceptors (Lipinski definition) is 5. The Kier molecular flexibility index (Phi) is 7.96. The second kappa shape index (κ2) is 9.49. The maximum Gasteiger partial charge on any atom is 0.254 e. The van der Waals surface area contributed by atoms with Crippen LogP contribution >= 0.6 is 0 Å². The van der Waals surface area contributed by atoms with Gasteiger partial charge in [0.15, 0.2) is 0 Å². The highest BCUT2D eigenvalue weighted by Gasteiger charge is 2.13. The van der Waals surface area contributed by atoms with Crippen LogP contribution in [-0.2, 0) is 11.3 Å². The Balaban J connectivity index is 2.40. The van der Waals surface area contributed by atoms with Crippen molar-refractivity contribution in [3.63, 3.8) is 0 Å². The maximum absolute atomic E-state index is 12.1. The first-order chi connectivity index (χ1) is 10.1. The molecule has 0 aromatic carbocycles. The van der Waals surface area contributed by atoms with E-state index in [2.05, 4.69) is 15.3 Å². The number of likely N-dealkylation sites (N-methyl/N-ethyl adjacent to an activating group) is 1. The van der Waals surface area contributed by atoms with Gasteiger partial charge >= 0.3 is 0 Å². The fourth-order valence-corrected chi connectivity index (χ4v) is 1.95. The summed E-state index contributed by atoms with van der Waals surface area (Å²) in [6.45, 7) is 6.20. The second-order valence-electron chi connectivity index (χ2n) is 5.06. The molecule has 1 aromatic heterocycles. The van der Waals surface area contributed by atoms with Crippen molar-refractivity contribution in [1.82, 2.24) is 20.0 Å². The number of aromatic nitrogens is 2. The van der Waals surface area contributed by atoms with Crippen LogP contribution in [0.5, 0.6) is 0 Å². The monoisotopic (exact) mass is 297 g/mol. The molecule has 0 aliphatic heterocycles. The van der Waals surface area contributed by atoms with E-state index in [1.54, 1.807) is 13.3 Å². The van der Waals surface area contributed by atoms with Crippen LogP contribution in [0.3, 0.4) is 0 Å². The number of aryl methyl sites for hydroxylation is 1. The van der Waals surface area contributed by atoms with Crippen LogP contribution in [0, 0.1) is 6.92 Å². The van der Waals surface area contributed by atoms with Crippen molar-refractivity contribution in [2.75, 3.05) is 46.9 Å². The zero-order chi connectivity index (χ0) is 15.7. The van der Waals surface area contributed by atoms with E-state index in [9.17, 15) is 4.79 Å². The van der Waals surface area contributed by atoms with Gasteiger partial charge in [0.2, 0.25) is 0 Å². The first-order valence-electron chi connectivity index (χ1n) is 7.28. The average Bonchev–Trinajstić information content (AvgIpc) is 2.84. The summed E-state index contributed by atoms with van der Waals surface area (Å²) in [5.74, 6) is -0.0772. The van der Waals surface area contributed by atoms with Crippen LogP contribution < -0.4 is 11.1 Å². The highest BCUT2D eigenvalue weighted by atomic mass is 16.5. The number of rotatable bonds is 10. The van der Waals surface area contributed by atoms with Gasteiger partial charge in [0.05, 0.1) is 18.4 Å². The summed E-state index contributed by atoms with van der Waals surface area (Å²) in [6, 6.07) is 0. The number of nitrogens with zero attached hydrogens (tertiary/aromatic N) is 3. The molecule has 0 aliphatic carbocycles. The number of carbonyl (C=O) groups excluding carboxylic acids is 1. The molecule has 3 N–H and O–H groups in total. The van der Waals surface area contributed by atoms with Crippen LogP contribution in [0.15, 0.2) is 6.20 Å². The minimum absolute atomic E-state index is 0.0772. The van der Waals surface area contributed by atoms with Crippen LogP contribution in [0.25, 0.3) is 0 Å². The first kappa shape index (κ1) is 17.6. The van der Waals surface area contributed by atoms with Crippen LogP contribution in [-0.4, -0.2) is 67.5 Å². The Morgan fingerprint density at radius 2 is 2.29 bits per heavy atom. The molecule has 0 aliphatic rings. The molecule has 7 nitrogen and oxygen atoms in total. The van der Waals surface area contributed by atoms with E-state index < -0.39 is 0 Å². The lowest BCUT2D eigenvalue weighted by Gasteiger charge is -2.16. The topological polar surface area (TPSA) is 85.4 Å². The summed E-state index contributed by atoms with van der Waals surface area (Å²) in [7, 11) is 3.68. The molecule has 0 radical (unpaired) electrons. The predicted octanol–water partition coefficient (Wildman–Crippen LogP) is -0.152. The Hall–Kier alpha value is -1.44. The summed E-state index contributed by atoms with van der Waals surface area (Å²) in [4.78, 5) is 14.2. The minimum Gasteiger partial charge on any atom is -0.383 e. The molecular weight excluding hydrogens is 270 g/mol. The molecule has 21 heavy (non-hydrogen) atoms. The molecule has 1 amide bonds. The van der Waals surface area contributed by atoms with Crippen molar-refractivity contribution in [1.29, 1.82) is 0 Å². The highest BCUT2D eigenvalue weighted by molar-refractivity contribution is 5.95. The molecule has 1 rings (SSSR count). The van der Waals surface area contributed by atoms with E-state index in [0.717, 1.165) is 31.7 Å². The molecule has 0 saturated carbocycles. The fourth-order valence-electron chi connectivity index (χ4n) is 1.95. The van der Waals surface area contributed by atoms with Gasteiger partial charge in [-0.15, -0.1) is 0 Å². The maximum atomic E-state index is 12.1. The van der Waals surface area contributed by atoms with Crippen molar-refractivity contribution in [3.8, 4) is 0 Å². The Bertz CT molecular complexity index is 433. The summed E-state index contributed by atoms with van der Waals surface area (Å²) in [6.07, 6.45) is 2.48. The minimum atomic E-state index is -0.0772. The van der Waals surface area contributed by atoms with Crippen LogP contribution in [0.2, 0.25) is 0 Å². The predicted molar refractivity (Wildman–Crippen MR) is 82.3 cm³/mol. The van der Waals surface area contributed by atoms with Gasteiger partial charge in [0.1, 0.15) is 0 Å². The third-order valence-electron chi connectivity index (χ3n) is 3.38. The average molecular weight is 297 g/mol. The normalized spacial score (nSPS) is 11.1. The first-order valence-corrected chi connectivity index (χ1v) is 7.28. The van der Waals surface area contributed by atoms with E-state index in [-0.39, 0.29) is 5.91 Å². The van der Waals surface area contributed by atoms with Gasteiger partial charge in [-0.05, 0) is 26.9 Å². The van der Waals surface area contributed by atoms with Crippen molar-refractivity contribution < 1.29 is 9.53 Å². The van der Waals surface area contributed by atoms with Crippen molar-refractivity contribution >= 4 is 5.91 Å². The molecule has 1 aromatic rings. The van der Waals surface area contributed by atoms with Gasteiger partial charge in [-0.25, -0.2) is 0 Å². The fraction of sp³-hybridized carbons (Fsp3) is 0.714. The molecule has 0 spiro atoms.